The zero-order valence-corrected chi connectivity index (χ0v) is 6.14. The zero-order valence-electron chi connectivity index (χ0n) is 6.14. The Morgan fingerprint density at radius 3 is 2.82 bits per heavy atom. The number of aliphatic hydroxyl groups excluding tert-OH is 1. The first-order valence-corrected chi connectivity index (χ1v) is 3.70. The lowest BCUT2D eigenvalue weighted by Gasteiger charge is -2.36. The molecule has 3 heteroatoms. The summed E-state index contributed by atoms with van der Waals surface area (Å²) in [6.07, 6.45) is 1.61. The van der Waals surface area contributed by atoms with Crippen molar-refractivity contribution in [3.05, 3.63) is 24.4 Å². The molecule has 1 N–H and O–H groups in total. The Labute approximate surface area is 65.3 Å². The van der Waals surface area contributed by atoms with Crippen molar-refractivity contribution in [1.82, 2.24) is 4.98 Å². The van der Waals surface area contributed by atoms with Gasteiger partial charge in [-0.2, -0.15) is 0 Å². The second kappa shape index (κ2) is 2.51. The number of pyridine rings is 1. The summed E-state index contributed by atoms with van der Waals surface area (Å²) in [5, 5.41) is 9.01. The standard InChI is InChI=1S/C8H10N2O/c11-7-5-10(6-7)8-3-1-2-4-9-8/h1-4,7,11H,5-6H2. The summed E-state index contributed by atoms with van der Waals surface area (Å²) in [4.78, 5) is 6.20. The number of hydrogen-bond acceptors (Lipinski definition) is 3. The average Bonchev–Trinajstić information content (AvgIpc) is 2.01. The molecule has 58 valence electrons. The third-order valence-corrected chi connectivity index (χ3v) is 1.84. The Morgan fingerprint density at radius 1 is 1.45 bits per heavy atom. The van der Waals surface area contributed by atoms with Crippen LogP contribution in [0.3, 0.4) is 0 Å². The van der Waals surface area contributed by atoms with Gasteiger partial charge in [-0.05, 0) is 12.1 Å². The number of nitrogens with zero attached hydrogens (tertiary/aromatic N) is 2. The molecule has 0 bridgehead atoms. The summed E-state index contributed by atoms with van der Waals surface area (Å²) in [7, 11) is 0. The van der Waals surface area contributed by atoms with Crippen molar-refractivity contribution in [2.45, 2.75) is 6.10 Å². The molecule has 0 aliphatic carbocycles. The van der Waals surface area contributed by atoms with E-state index < -0.39 is 0 Å². The normalized spacial score (nSPS) is 18.1. The van der Waals surface area contributed by atoms with Crippen LogP contribution in [0.2, 0.25) is 0 Å². The molecule has 0 radical (unpaired) electrons. The summed E-state index contributed by atoms with van der Waals surface area (Å²) < 4.78 is 0. The molecule has 3 nitrogen and oxygen atoms in total. The molecule has 1 saturated heterocycles. The van der Waals surface area contributed by atoms with Gasteiger partial charge in [-0.3, -0.25) is 0 Å². The van der Waals surface area contributed by atoms with Crippen LogP contribution < -0.4 is 4.90 Å². The van der Waals surface area contributed by atoms with Gasteiger partial charge >= 0.3 is 0 Å². The summed E-state index contributed by atoms with van der Waals surface area (Å²) in [6.45, 7) is 1.44. The van der Waals surface area contributed by atoms with Crippen LogP contribution in [-0.4, -0.2) is 29.3 Å². The first-order valence-electron chi connectivity index (χ1n) is 3.70. The molecule has 1 aliphatic heterocycles. The average molecular weight is 150 g/mol. The molecule has 11 heavy (non-hydrogen) atoms. The van der Waals surface area contributed by atoms with Gasteiger partial charge in [0.2, 0.25) is 0 Å². The van der Waals surface area contributed by atoms with Crippen molar-refractivity contribution in [3.63, 3.8) is 0 Å². The van der Waals surface area contributed by atoms with Crippen molar-refractivity contribution < 1.29 is 5.11 Å². The van der Waals surface area contributed by atoms with Crippen molar-refractivity contribution in [2.24, 2.45) is 0 Å². The lowest BCUT2D eigenvalue weighted by molar-refractivity contribution is 0.141. The Kier molecular flexibility index (Phi) is 1.51. The maximum absolute atomic E-state index is 9.01. The van der Waals surface area contributed by atoms with E-state index in [1.54, 1.807) is 6.20 Å². The third-order valence-electron chi connectivity index (χ3n) is 1.84. The van der Waals surface area contributed by atoms with Gasteiger partial charge in [0.05, 0.1) is 6.10 Å². The largest absolute Gasteiger partial charge is 0.389 e. The van der Waals surface area contributed by atoms with Crippen molar-refractivity contribution in [2.75, 3.05) is 18.0 Å². The van der Waals surface area contributed by atoms with E-state index >= 15 is 0 Å². The smallest absolute Gasteiger partial charge is 0.128 e. The molecule has 2 rings (SSSR count). The maximum atomic E-state index is 9.01. The Bertz CT molecular complexity index is 231. The minimum absolute atomic E-state index is 0.156. The van der Waals surface area contributed by atoms with Gasteiger partial charge in [-0.1, -0.05) is 6.07 Å². The lowest BCUT2D eigenvalue weighted by atomic mass is 10.2. The maximum Gasteiger partial charge on any atom is 0.128 e. The van der Waals surface area contributed by atoms with E-state index in [9.17, 15) is 0 Å². The second-order valence-electron chi connectivity index (χ2n) is 2.75. The van der Waals surface area contributed by atoms with Gasteiger partial charge in [0.15, 0.2) is 0 Å². The predicted molar refractivity (Wildman–Crippen MR) is 42.5 cm³/mol. The first kappa shape index (κ1) is 6.61. The SMILES string of the molecule is OC1CN(c2ccccn2)C1. The molecule has 1 aromatic heterocycles. The van der Waals surface area contributed by atoms with Crippen LogP contribution in [0.1, 0.15) is 0 Å². The summed E-state index contributed by atoms with van der Waals surface area (Å²) in [5.41, 5.74) is 0. The van der Waals surface area contributed by atoms with E-state index in [0.29, 0.717) is 0 Å². The zero-order chi connectivity index (χ0) is 7.68. The van der Waals surface area contributed by atoms with Crippen LogP contribution in [0.15, 0.2) is 24.4 Å². The number of aromatic nitrogens is 1. The molecule has 1 fully saturated rings. The fourth-order valence-electron chi connectivity index (χ4n) is 1.18. The van der Waals surface area contributed by atoms with Gasteiger partial charge in [0, 0.05) is 19.3 Å². The Hall–Kier alpha value is -1.09. The quantitative estimate of drug-likeness (QED) is 0.624. The van der Waals surface area contributed by atoms with Gasteiger partial charge in [-0.25, -0.2) is 4.98 Å². The third kappa shape index (κ3) is 1.19. The Balaban J connectivity index is 2.08. The molecule has 0 atom stereocenters. The Morgan fingerprint density at radius 2 is 2.27 bits per heavy atom. The highest BCUT2D eigenvalue weighted by Gasteiger charge is 2.24. The highest BCUT2D eigenvalue weighted by Crippen LogP contribution is 2.16. The van der Waals surface area contributed by atoms with Crippen LogP contribution >= 0.6 is 0 Å². The minimum atomic E-state index is -0.156. The second-order valence-corrected chi connectivity index (χ2v) is 2.75. The fourth-order valence-corrected chi connectivity index (χ4v) is 1.18. The van der Waals surface area contributed by atoms with Crippen LogP contribution in [-0.2, 0) is 0 Å². The molecule has 1 aromatic rings. The van der Waals surface area contributed by atoms with E-state index in [1.807, 2.05) is 23.1 Å². The number of aliphatic hydroxyl groups is 1. The van der Waals surface area contributed by atoms with Gasteiger partial charge in [-0.15, -0.1) is 0 Å². The van der Waals surface area contributed by atoms with Crippen LogP contribution in [0.4, 0.5) is 5.82 Å². The monoisotopic (exact) mass is 150 g/mol. The fraction of sp³-hybridized carbons (Fsp3) is 0.375. The number of β-amino-alcohol motifs (C(OH)–C–C–N with tert-alkyl or cyclic N) is 1. The van der Waals surface area contributed by atoms with Crippen LogP contribution in [0.5, 0.6) is 0 Å². The topological polar surface area (TPSA) is 36.4 Å². The molecule has 1 aliphatic rings. The molecule has 2 heterocycles. The van der Waals surface area contributed by atoms with E-state index in [0.717, 1.165) is 18.9 Å². The van der Waals surface area contributed by atoms with Crippen molar-refractivity contribution in [1.29, 1.82) is 0 Å². The predicted octanol–water partition coefficient (Wildman–Crippen LogP) is 0.262. The first-order chi connectivity index (χ1) is 5.36. The molecular formula is C8H10N2O. The van der Waals surface area contributed by atoms with Gasteiger partial charge < -0.3 is 10.0 Å². The molecule has 0 saturated carbocycles. The summed E-state index contributed by atoms with van der Waals surface area (Å²) >= 11 is 0. The van der Waals surface area contributed by atoms with E-state index in [1.165, 1.54) is 0 Å². The molecule has 0 amide bonds. The van der Waals surface area contributed by atoms with Gasteiger partial charge in [0.25, 0.3) is 0 Å². The van der Waals surface area contributed by atoms with Crippen LogP contribution in [0.25, 0.3) is 0 Å². The molecular weight excluding hydrogens is 140 g/mol. The number of hydrogen-bond donors (Lipinski definition) is 1. The highest BCUT2D eigenvalue weighted by atomic mass is 16.3. The number of rotatable bonds is 1. The molecule has 0 spiro atoms. The van der Waals surface area contributed by atoms with E-state index in [-0.39, 0.29) is 6.10 Å². The minimum Gasteiger partial charge on any atom is -0.389 e. The van der Waals surface area contributed by atoms with Crippen molar-refractivity contribution in [3.8, 4) is 0 Å². The van der Waals surface area contributed by atoms with Crippen molar-refractivity contribution >= 4 is 5.82 Å². The molecule has 0 unspecified atom stereocenters. The van der Waals surface area contributed by atoms with E-state index in [2.05, 4.69) is 4.98 Å². The number of anilines is 1. The van der Waals surface area contributed by atoms with E-state index in [4.69, 9.17) is 5.11 Å². The lowest BCUT2D eigenvalue weighted by Crippen LogP contribution is -2.51. The highest BCUT2D eigenvalue weighted by molar-refractivity contribution is 5.41. The summed E-state index contributed by atoms with van der Waals surface area (Å²) in [5.74, 6) is 0.956. The molecule has 0 aromatic carbocycles. The summed E-state index contributed by atoms with van der Waals surface area (Å²) in [6, 6.07) is 5.79. The van der Waals surface area contributed by atoms with Crippen LogP contribution in [0, 0.1) is 0 Å². The van der Waals surface area contributed by atoms with Gasteiger partial charge in [0.1, 0.15) is 5.82 Å².